The van der Waals surface area contributed by atoms with E-state index in [2.05, 4.69) is 67.4 Å². The fourth-order valence-electron chi connectivity index (χ4n) is 3.07. The molecule has 0 spiro atoms. The minimum absolute atomic E-state index is 0.566. The van der Waals surface area contributed by atoms with Crippen molar-refractivity contribution in [1.82, 2.24) is 4.98 Å². The molecule has 0 amide bonds. The highest BCUT2D eigenvalue weighted by Crippen LogP contribution is 2.28. The van der Waals surface area contributed by atoms with E-state index in [9.17, 15) is 0 Å². The molecule has 0 radical (unpaired) electrons. The number of ether oxygens (including phenoxy) is 1. The lowest BCUT2D eigenvalue weighted by Crippen LogP contribution is -1.95. The minimum atomic E-state index is 0.566. The van der Waals surface area contributed by atoms with E-state index < -0.39 is 0 Å². The number of aryl methyl sites for hydroxylation is 2. The molecule has 0 aliphatic heterocycles. The van der Waals surface area contributed by atoms with Crippen LogP contribution < -0.4 is 4.74 Å². The summed E-state index contributed by atoms with van der Waals surface area (Å²) in [6, 6.07) is 19.1. The van der Waals surface area contributed by atoms with Gasteiger partial charge in [0.25, 0.3) is 0 Å². The molecule has 4 rings (SSSR count). The second kappa shape index (κ2) is 5.47. The summed E-state index contributed by atoms with van der Waals surface area (Å²) in [7, 11) is 0. The van der Waals surface area contributed by atoms with Gasteiger partial charge in [0.2, 0.25) is 0 Å². The molecule has 0 unspecified atom stereocenters. The van der Waals surface area contributed by atoms with Crippen LogP contribution in [0.15, 0.2) is 60.8 Å². The average molecular weight is 301 g/mol. The quantitative estimate of drug-likeness (QED) is 0.529. The number of fused-ring (bicyclic) bond motifs is 2. The summed E-state index contributed by atoms with van der Waals surface area (Å²) >= 11 is 0. The molecule has 4 aromatic rings. The molecule has 3 aromatic carbocycles. The maximum Gasteiger partial charge on any atom is 0.127 e. The lowest BCUT2D eigenvalue weighted by molar-refractivity contribution is 0.311. The largest absolute Gasteiger partial charge is 0.488 e. The Kier molecular flexibility index (Phi) is 3.30. The molecule has 0 saturated heterocycles. The molecule has 0 aliphatic carbocycles. The third kappa shape index (κ3) is 2.57. The topological polar surface area (TPSA) is 25.0 Å². The number of H-pyrrole nitrogens is 1. The smallest absolute Gasteiger partial charge is 0.127 e. The van der Waals surface area contributed by atoms with Crippen LogP contribution in [0.2, 0.25) is 0 Å². The van der Waals surface area contributed by atoms with Crippen molar-refractivity contribution in [3.63, 3.8) is 0 Å². The van der Waals surface area contributed by atoms with Crippen molar-refractivity contribution < 1.29 is 4.74 Å². The van der Waals surface area contributed by atoms with Crippen LogP contribution in [0, 0.1) is 13.8 Å². The average Bonchev–Trinajstić information content (AvgIpc) is 2.94. The third-order valence-electron chi connectivity index (χ3n) is 4.30. The fraction of sp³-hybridized carbons (Fsp3) is 0.143. The van der Waals surface area contributed by atoms with Crippen molar-refractivity contribution in [3.8, 4) is 5.75 Å². The van der Waals surface area contributed by atoms with Gasteiger partial charge in [0.05, 0.1) is 0 Å². The molecule has 0 atom stereocenters. The predicted octanol–water partition coefficient (Wildman–Crippen LogP) is 5.52. The number of aromatic amines is 1. The van der Waals surface area contributed by atoms with E-state index >= 15 is 0 Å². The monoisotopic (exact) mass is 301 g/mol. The third-order valence-corrected chi connectivity index (χ3v) is 4.30. The maximum atomic E-state index is 6.13. The molecule has 23 heavy (non-hydrogen) atoms. The zero-order valence-electron chi connectivity index (χ0n) is 13.4. The molecule has 0 saturated carbocycles. The zero-order valence-corrected chi connectivity index (χ0v) is 13.4. The van der Waals surface area contributed by atoms with Crippen LogP contribution >= 0.6 is 0 Å². The van der Waals surface area contributed by atoms with E-state index in [4.69, 9.17) is 4.74 Å². The van der Waals surface area contributed by atoms with Gasteiger partial charge in [-0.05, 0) is 37.4 Å². The summed E-state index contributed by atoms with van der Waals surface area (Å²) < 4.78 is 6.13. The number of nitrogens with one attached hydrogen (secondary N) is 1. The molecule has 0 bridgehead atoms. The van der Waals surface area contributed by atoms with Gasteiger partial charge < -0.3 is 9.72 Å². The lowest BCUT2D eigenvalue weighted by atomic mass is 10.1. The van der Waals surface area contributed by atoms with Crippen LogP contribution in [0.4, 0.5) is 0 Å². The number of aromatic nitrogens is 1. The molecule has 114 valence electrons. The second-order valence-electron chi connectivity index (χ2n) is 6.13. The van der Waals surface area contributed by atoms with Crippen molar-refractivity contribution in [1.29, 1.82) is 0 Å². The molecule has 0 aliphatic rings. The van der Waals surface area contributed by atoms with E-state index in [1.807, 2.05) is 12.3 Å². The Balaban J connectivity index is 1.67. The summed E-state index contributed by atoms with van der Waals surface area (Å²) in [6.45, 7) is 4.79. The SMILES string of the molecule is Cc1ccc2c(OCc3c[nH]c4ccc(C)cc34)cccc2c1. The van der Waals surface area contributed by atoms with Crippen LogP contribution in [-0.4, -0.2) is 4.98 Å². The fourth-order valence-corrected chi connectivity index (χ4v) is 3.07. The standard InChI is InChI=1S/C21H19NO/c1-14-6-8-18-16(10-14)4-3-5-21(18)23-13-17-12-22-20-9-7-15(2)11-19(17)20/h3-12,22H,13H2,1-2H3. The van der Waals surface area contributed by atoms with E-state index in [0.717, 1.165) is 16.7 Å². The molecule has 1 N–H and O–H groups in total. The van der Waals surface area contributed by atoms with Gasteiger partial charge >= 0.3 is 0 Å². The summed E-state index contributed by atoms with van der Waals surface area (Å²) in [5.74, 6) is 0.935. The van der Waals surface area contributed by atoms with Crippen LogP contribution in [0.1, 0.15) is 16.7 Å². The van der Waals surface area contributed by atoms with Crippen LogP contribution in [-0.2, 0) is 6.61 Å². The first kappa shape index (κ1) is 13.9. The summed E-state index contributed by atoms with van der Waals surface area (Å²) in [5.41, 5.74) is 4.87. The number of rotatable bonds is 3. The van der Waals surface area contributed by atoms with Gasteiger partial charge in [-0.1, -0.05) is 47.5 Å². The van der Waals surface area contributed by atoms with Crippen molar-refractivity contribution in [2.75, 3.05) is 0 Å². The van der Waals surface area contributed by atoms with E-state index in [1.165, 1.54) is 27.5 Å². The van der Waals surface area contributed by atoms with E-state index in [1.54, 1.807) is 0 Å². The Bertz CT molecular complexity index is 997. The highest BCUT2D eigenvalue weighted by atomic mass is 16.5. The Hall–Kier alpha value is -2.74. The molecule has 2 heteroatoms. The Morgan fingerprint density at radius 2 is 1.70 bits per heavy atom. The van der Waals surface area contributed by atoms with Gasteiger partial charge in [-0.25, -0.2) is 0 Å². The predicted molar refractivity (Wildman–Crippen MR) is 96.1 cm³/mol. The van der Waals surface area contributed by atoms with E-state index in [0.29, 0.717) is 6.61 Å². The molecule has 1 aromatic heterocycles. The van der Waals surface area contributed by atoms with Crippen LogP contribution in [0.25, 0.3) is 21.7 Å². The normalized spacial score (nSPS) is 11.2. The molecular weight excluding hydrogens is 282 g/mol. The van der Waals surface area contributed by atoms with Gasteiger partial charge in [0.1, 0.15) is 12.4 Å². The number of hydrogen-bond donors (Lipinski definition) is 1. The van der Waals surface area contributed by atoms with Gasteiger partial charge in [-0.3, -0.25) is 0 Å². The second-order valence-corrected chi connectivity index (χ2v) is 6.13. The number of benzene rings is 3. The Labute approximate surface area is 135 Å². The van der Waals surface area contributed by atoms with Gasteiger partial charge in [0.15, 0.2) is 0 Å². The summed E-state index contributed by atoms with van der Waals surface area (Å²) in [5, 5.41) is 3.62. The maximum absolute atomic E-state index is 6.13. The summed E-state index contributed by atoms with van der Waals surface area (Å²) in [4.78, 5) is 3.32. The van der Waals surface area contributed by atoms with Gasteiger partial charge in [-0.2, -0.15) is 0 Å². The highest BCUT2D eigenvalue weighted by molar-refractivity contribution is 5.89. The van der Waals surface area contributed by atoms with Gasteiger partial charge in [0, 0.05) is 28.0 Å². The molecule has 2 nitrogen and oxygen atoms in total. The van der Waals surface area contributed by atoms with Crippen molar-refractivity contribution in [2.45, 2.75) is 20.5 Å². The molecular formula is C21H19NO. The van der Waals surface area contributed by atoms with Crippen LogP contribution in [0.3, 0.4) is 0 Å². The van der Waals surface area contributed by atoms with Crippen molar-refractivity contribution in [3.05, 3.63) is 77.5 Å². The minimum Gasteiger partial charge on any atom is -0.488 e. The first-order chi connectivity index (χ1) is 11.2. The highest BCUT2D eigenvalue weighted by Gasteiger charge is 2.07. The Morgan fingerprint density at radius 1 is 0.870 bits per heavy atom. The first-order valence-electron chi connectivity index (χ1n) is 7.89. The zero-order chi connectivity index (χ0) is 15.8. The summed E-state index contributed by atoms with van der Waals surface area (Å²) in [6.07, 6.45) is 2.04. The van der Waals surface area contributed by atoms with Crippen molar-refractivity contribution in [2.24, 2.45) is 0 Å². The number of hydrogen-bond acceptors (Lipinski definition) is 1. The Morgan fingerprint density at radius 3 is 2.61 bits per heavy atom. The van der Waals surface area contributed by atoms with Crippen molar-refractivity contribution >= 4 is 21.7 Å². The first-order valence-corrected chi connectivity index (χ1v) is 7.89. The molecule has 1 heterocycles. The van der Waals surface area contributed by atoms with Gasteiger partial charge in [-0.15, -0.1) is 0 Å². The van der Waals surface area contributed by atoms with Crippen LogP contribution in [0.5, 0.6) is 5.75 Å². The van der Waals surface area contributed by atoms with E-state index in [-0.39, 0.29) is 0 Å². The lowest BCUT2D eigenvalue weighted by Gasteiger charge is -2.09. The molecule has 0 fully saturated rings.